The molecule has 1 fully saturated rings. The van der Waals surface area contributed by atoms with Crippen LogP contribution >= 0.6 is 15.9 Å². The predicted molar refractivity (Wildman–Crippen MR) is 82.5 cm³/mol. The van der Waals surface area contributed by atoms with E-state index in [0.29, 0.717) is 12.1 Å². The molecule has 0 radical (unpaired) electrons. The number of nitrogens with one attached hydrogen (secondary N) is 2. The van der Waals surface area contributed by atoms with Gasteiger partial charge >= 0.3 is 0 Å². The first-order valence-electron chi connectivity index (χ1n) is 6.30. The summed E-state index contributed by atoms with van der Waals surface area (Å²) in [6, 6.07) is 7.33. The van der Waals surface area contributed by atoms with E-state index >= 15 is 0 Å². The van der Waals surface area contributed by atoms with E-state index in [1.807, 2.05) is 25.1 Å². The number of sulfone groups is 1. The van der Waals surface area contributed by atoms with E-state index in [1.54, 1.807) is 6.07 Å². The van der Waals surface area contributed by atoms with Crippen LogP contribution in [0.2, 0.25) is 0 Å². The number of amides is 1. The molecule has 0 saturated carbocycles. The number of halogens is 1. The number of rotatable bonds is 4. The summed E-state index contributed by atoms with van der Waals surface area (Å²) in [5.74, 6) is 0.0763. The van der Waals surface area contributed by atoms with Crippen molar-refractivity contribution in [3.05, 3.63) is 28.7 Å². The zero-order chi connectivity index (χ0) is 14.8. The fourth-order valence-electron chi connectivity index (χ4n) is 2.20. The van der Waals surface area contributed by atoms with E-state index < -0.39 is 15.4 Å². The van der Waals surface area contributed by atoms with Crippen molar-refractivity contribution in [1.29, 1.82) is 0 Å². The molecule has 5 nitrogen and oxygen atoms in total. The van der Waals surface area contributed by atoms with Crippen molar-refractivity contribution in [2.75, 3.05) is 23.4 Å². The predicted octanol–water partition coefficient (Wildman–Crippen LogP) is 1.55. The summed E-state index contributed by atoms with van der Waals surface area (Å²) in [6.45, 7) is 1.93. The van der Waals surface area contributed by atoms with E-state index in [-0.39, 0.29) is 24.0 Å². The second-order valence-corrected chi connectivity index (χ2v) is 8.32. The summed E-state index contributed by atoms with van der Waals surface area (Å²) in [5, 5.41) is 5.82. The summed E-state index contributed by atoms with van der Waals surface area (Å²) in [4.78, 5) is 11.9. The van der Waals surface area contributed by atoms with Gasteiger partial charge in [-0.1, -0.05) is 12.1 Å². The van der Waals surface area contributed by atoms with Crippen molar-refractivity contribution in [2.45, 2.75) is 18.9 Å². The standard InChI is InChI=1S/C13H17BrN2O3S/c1-13(6-7-20(18,19)9-13)15-8-12(17)16-11-5-3-2-4-10(11)14/h2-5,15H,6-9H2,1H3,(H,16,17). The summed E-state index contributed by atoms with van der Waals surface area (Å²) in [7, 11) is -2.97. The first-order valence-corrected chi connectivity index (χ1v) is 8.91. The average molecular weight is 361 g/mol. The number of hydrogen-bond acceptors (Lipinski definition) is 4. The fourth-order valence-corrected chi connectivity index (χ4v) is 4.71. The molecule has 1 aromatic carbocycles. The number of benzene rings is 1. The second kappa shape index (κ2) is 5.83. The van der Waals surface area contributed by atoms with Gasteiger partial charge in [0.25, 0.3) is 0 Å². The van der Waals surface area contributed by atoms with Gasteiger partial charge in [-0.2, -0.15) is 0 Å². The minimum absolute atomic E-state index is 0.0856. The molecule has 1 unspecified atom stereocenters. The Balaban J connectivity index is 1.89. The van der Waals surface area contributed by atoms with Crippen LogP contribution in [0.5, 0.6) is 0 Å². The van der Waals surface area contributed by atoms with Crippen molar-refractivity contribution in [2.24, 2.45) is 0 Å². The highest BCUT2D eigenvalue weighted by molar-refractivity contribution is 9.10. The van der Waals surface area contributed by atoms with Gasteiger partial charge in [0.05, 0.1) is 23.7 Å². The average Bonchev–Trinajstić information content (AvgIpc) is 2.65. The highest BCUT2D eigenvalue weighted by Gasteiger charge is 2.38. The Morgan fingerprint density at radius 3 is 2.70 bits per heavy atom. The second-order valence-electron chi connectivity index (χ2n) is 5.28. The molecule has 1 amide bonds. The lowest BCUT2D eigenvalue weighted by Gasteiger charge is -2.23. The monoisotopic (exact) mass is 360 g/mol. The molecule has 2 N–H and O–H groups in total. The van der Waals surface area contributed by atoms with Gasteiger partial charge in [0, 0.05) is 10.0 Å². The van der Waals surface area contributed by atoms with Crippen LogP contribution in [0.25, 0.3) is 0 Å². The molecule has 110 valence electrons. The third-order valence-corrected chi connectivity index (χ3v) is 5.92. The summed E-state index contributed by atoms with van der Waals surface area (Å²) in [6.07, 6.45) is 0.539. The zero-order valence-electron chi connectivity index (χ0n) is 11.1. The Hall–Kier alpha value is -0.920. The fraction of sp³-hybridized carbons (Fsp3) is 0.462. The van der Waals surface area contributed by atoms with E-state index in [0.717, 1.165) is 4.47 Å². The molecule has 0 aliphatic carbocycles. The lowest BCUT2D eigenvalue weighted by Crippen LogP contribution is -2.46. The van der Waals surface area contributed by atoms with Gasteiger partial charge in [0.15, 0.2) is 9.84 Å². The van der Waals surface area contributed by atoms with Crippen LogP contribution in [0, 0.1) is 0 Å². The molecule has 1 atom stereocenters. The molecule has 1 heterocycles. The number of para-hydroxylation sites is 1. The topological polar surface area (TPSA) is 75.3 Å². The van der Waals surface area contributed by atoms with Gasteiger partial charge in [-0.25, -0.2) is 8.42 Å². The molecule has 1 aromatic rings. The minimum atomic E-state index is -2.97. The quantitative estimate of drug-likeness (QED) is 0.854. The molecule has 1 aliphatic heterocycles. The summed E-state index contributed by atoms with van der Waals surface area (Å²) < 4.78 is 23.8. The molecule has 0 bridgehead atoms. The minimum Gasteiger partial charge on any atom is -0.324 e. The zero-order valence-corrected chi connectivity index (χ0v) is 13.6. The summed E-state index contributed by atoms with van der Waals surface area (Å²) >= 11 is 3.35. The lowest BCUT2D eigenvalue weighted by molar-refractivity contribution is -0.115. The number of carbonyl (C=O) groups excluding carboxylic acids is 1. The maximum atomic E-state index is 11.9. The molecule has 2 rings (SSSR count). The van der Waals surface area contributed by atoms with Crippen molar-refractivity contribution >= 4 is 37.4 Å². The highest BCUT2D eigenvalue weighted by atomic mass is 79.9. The first kappa shape index (κ1) is 15.5. The molecule has 1 saturated heterocycles. The van der Waals surface area contributed by atoms with Crippen LogP contribution in [0.1, 0.15) is 13.3 Å². The third kappa shape index (κ3) is 4.04. The van der Waals surface area contributed by atoms with E-state index in [9.17, 15) is 13.2 Å². The maximum Gasteiger partial charge on any atom is 0.238 e. The number of hydrogen-bond donors (Lipinski definition) is 2. The van der Waals surface area contributed by atoms with Crippen molar-refractivity contribution in [3.8, 4) is 0 Å². The van der Waals surface area contributed by atoms with Crippen LogP contribution < -0.4 is 10.6 Å². The van der Waals surface area contributed by atoms with Crippen molar-refractivity contribution < 1.29 is 13.2 Å². The lowest BCUT2D eigenvalue weighted by atomic mass is 10.0. The molecule has 0 aromatic heterocycles. The van der Waals surface area contributed by atoms with Crippen molar-refractivity contribution in [3.63, 3.8) is 0 Å². The van der Waals surface area contributed by atoms with Gasteiger partial charge in [-0.15, -0.1) is 0 Å². The van der Waals surface area contributed by atoms with Gasteiger partial charge in [-0.05, 0) is 41.4 Å². The van der Waals surface area contributed by atoms with E-state index in [1.165, 1.54) is 0 Å². The Morgan fingerprint density at radius 1 is 1.40 bits per heavy atom. The molecular weight excluding hydrogens is 344 g/mol. The molecule has 1 aliphatic rings. The number of carbonyl (C=O) groups is 1. The highest BCUT2D eigenvalue weighted by Crippen LogP contribution is 2.23. The van der Waals surface area contributed by atoms with Crippen LogP contribution in [-0.4, -0.2) is 37.9 Å². The molecular formula is C13H17BrN2O3S. The van der Waals surface area contributed by atoms with Crippen LogP contribution in [0.3, 0.4) is 0 Å². The number of anilines is 1. The first-order chi connectivity index (χ1) is 9.30. The van der Waals surface area contributed by atoms with E-state index in [2.05, 4.69) is 26.6 Å². The smallest absolute Gasteiger partial charge is 0.238 e. The van der Waals surface area contributed by atoms with Crippen molar-refractivity contribution in [1.82, 2.24) is 5.32 Å². The molecule has 0 spiro atoms. The van der Waals surface area contributed by atoms with Gasteiger partial charge in [0.1, 0.15) is 0 Å². The van der Waals surface area contributed by atoms with Gasteiger partial charge in [0.2, 0.25) is 5.91 Å². The largest absolute Gasteiger partial charge is 0.324 e. The summed E-state index contributed by atoms with van der Waals surface area (Å²) in [5.41, 5.74) is 0.188. The maximum absolute atomic E-state index is 11.9. The van der Waals surface area contributed by atoms with Crippen LogP contribution in [0.15, 0.2) is 28.7 Å². The van der Waals surface area contributed by atoms with Gasteiger partial charge < -0.3 is 10.6 Å². The SMILES string of the molecule is CC1(NCC(=O)Nc2ccccc2Br)CCS(=O)(=O)C1. The normalized spacial score (nSPS) is 24.5. The Labute approximate surface area is 127 Å². The Kier molecular flexibility index (Phi) is 4.51. The third-order valence-electron chi connectivity index (χ3n) is 3.33. The molecule has 20 heavy (non-hydrogen) atoms. The Bertz CT molecular complexity index is 618. The van der Waals surface area contributed by atoms with Crippen LogP contribution in [0.4, 0.5) is 5.69 Å². The Morgan fingerprint density at radius 2 is 2.10 bits per heavy atom. The van der Waals surface area contributed by atoms with Crippen LogP contribution in [-0.2, 0) is 14.6 Å². The van der Waals surface area contributed by atoms with E-state index in [4.69, 9.17) is 0 Å². The van der Waals surface area contributed by atoms with Gasteiger partial charge in [-0.3, -0.25) is 4.79 Å². The molecule has 7 heteroatoms.